The highest BCUT2D eigenvalue weighted by molar-refractivity contribution is 5.61. The van der Waals surface area contributed by atoms with Gasteiger partial charge in [-0.15, -0.1) is 0 Å². The van der Waals surface area contributed by atoms with Crippen LogP contribution in [0.15, 0.2) is 53.8 Å². The lowest BCUT2D eigenvalue weighted by molar-refractivity contribution is 0.340. The van der Waals surface area contributed by atoms with E-state index in [-0.39, 0.29) is 5.92 Å². The van der Waals surface area contributed by atoms with Crippen LogP contribution in [0.4, 0.5) is 0 Å². The van der Waals surface area contributed by atoms with Crippen LogP contribution in [-0.4, -0.2) is 6.61 Å². The van der Waals surface area contributed by atoms with E-state index in [1.807, 2.05) is 49.4 Å². The normalized spacial score (nSPS) is 19.9. The van der Waals surface area contributed by atoms with Gasteiger partial charge in [0.2, 0.25) is 0 Å². The second-order valence-corrected chi connectivity index (χ2v) is 4.26. The van der Waals surface area contributed by atoms with Crippen molar-refractivity contribution in [1.82, 2.24) is 0 Å². The summed E-state index contributed by atoms with van der Waals surface area (Å²) in [7, 11) is 0. The van der Waals surface area contributed by atoms with Gasteiger partial charge in [-0.3, -0.25) is 0 Å². The Morgan fingerprint density at radius 3 is 2.74 bits per heavy atom. The molecule has 0 bridgehead atoms. The molecule has 0 aromatic heterocycles. The van der Waals surface area contributed by atoms with Crippen molar-refractivity contribution in [2.24, 2.45) is 11.7 Å². The zero-order valence-electron chi connectivity index (χ0n) is 10.8. The molecular weight excluding hydrogens is 236 g/mol. The molecule has 0 radical (unpaired) electrons. The summed E-state index contributed by atoms with van der Waals surface area (Å²) in [6.07, 6.45) is 7.39. The van der Waals surface area contributed by atoms with Crippen LogP contribution in [0.2, 0.25) is 0 Å². The van der Waals surface area contributed by atoms with Gasteiger partial charge in [0.15, 0.2) is 0 Å². The van der Waals surface area contributed by atoms with E-state index >= 15 is 0 Å². The van der Waals surface area contributed by atoms with Crippen molar-refractivity contribution in [3.8, 4) is 11.8 Å². The van der Waals surface area contributed by atoms with Crippen molar-refractivity contribution in [1.29, 1.82) is 5.26 Å². The third-order valence-electron chi connectivity index (χ3n) is 2.84. The smallest absolute Gasteiger partial charge is 0.119 e. The molecule has 1 unspecified atom stereocenters. The maximum Gasteiger partial charge on any atom is 0.119 e. The lowest BCUT2D eigenvalue weighted by atomic mass is 9.93. The van der Waals surface area contributed by atoms with Gasteiger partial charge in [0.25, 0.3) is 0 Å². The highest BCUT2D eigenvalue weighted by Gasteiger charge is 2.12. The summed E-state index contributed by atoms with van der Waals surface area (Å²) >= 11 is 0. The van der Waals surface area contributed by atoms with Crippen molar-refractivity contribution in [2.75, 3.05) is 6.61 Å². The van der Waals surface area contributed by atoms with Crippen molar-refractivity contribution in [3.05, 3.63) is 59.3 Å². The molecule has 2 N–H and O–H groups in total. The number of rotatable bonds is 3. The summed E-state index contributed by atoms with van der Waals surface area (Å²) in [5.41, 5.74) is 8.37. The molecule has 0 heterocycles. The van der Waals surface area contributed by atoms with Crippen molar-refractivity contribution < 1.29 is 4.74 Å². The van der Waals surface area contributed by atoms with Crippen molar-refractivity contribution >= 4 is 6.08 Å². The molecule has 1 aliphatic rings. The number of nitrogens with two attached hydrogens (primary N) is 1. The lowest BCUT2D eigenvalue weighted by Crippen LogP contribution is -2.05. The van der Waals surface area contributed by atoms with Crippen LogP contribution < -0.4 is 10.5 Å². The molecule has 0 fully saturated rings. The minimum absolute atomic E-state index is 0.237. The Hall–Kier alpha value is -2.47. The summed E-state index contributed by atoms with van der Waals surface area (Å²) in [4.78, 5) is 0. The average molecular weight is 252 g/mol. The van der Waals surface area contributed by atoms with Crippen LogP contribution in [0.3, 0.4) is 0 Å². The topological polar surface area (TPSA) is 59.0 Å². The van der Waals surface area contributed by atoms with E-state index < -0.39 is 0 Å². The largest absolute Gasteiger partial charge is 0.494 e. The molecule has 3 heteroatoms. The molecule has 0 spiro atoms. The van der Waals surface area contributed by atoms with Crippen LogP contribution in [0.25, 0.3) is 6.08 Å². The third-order valence-corrected chi connectivity index (χ3v) is 2.84. The number of allylic oxidation sites excluding steroid dienone is 4. The molecule has 0 saturated heterocycles. The number of nitriles is 1. The first-order valence-electron chi connectivity index (χ1n) is 6.22. The Morgan fingerprint density at radius 2 is 2.11 bits per heavy atom. The molecule has 2 rings (SSSR count). The fourth-order valence-corrected chi connectivity index (χ4v) is 1.92. The average Bonchev–Trinajstić information content (AvgIpc) is 2.42. The van der Waals surface area contributed by atoms with Gasteiger partial charge < -0.3 is 10.5 Å². The zero-order chi connectivity index (χ0) is 13.7. The maximum absolute atomic E-state index is 9.11. The quantitative estimate of drug-likeness (QED) is 0.899. The Bertz CT molecular complexity index is 574. The first-order valence-corrected chi connectivity index (χ1v) is 6.22. The molecule has 96 valence electrons. The zero-order valence-corrected chi connectivity index (χ0v) is 10.8. The molecule has 1 aromatic carbocycles. The van der Waals surface area contributed by atoms with Crippen LogP contribution in [0.1, 0.15) is 12.5 Å². The number of benzene rings is 1. The van der Waals surface area contributed by atoms with E-state index in [2.05, 4.69) is 6.07 Å². The molecule has 0 saturated carbocycles. The molecule has 1 aliphatic carbocycles. The molecule has 3 nitrogen and oxygen atoms in total. The summed E-state index contributed by atoms with van der Waals surface area (Å²) in [5.74, 6) is 0.610. The fraction of sp³-hybridized carbons (Fsp3) is 0.188. The van der Waals surface area contributed by atoms with Gasteiger partial charge in [-0.2, -0.15) is 5.26 Å². The standard InChI is InChI=1S/C16H16N2O/c1-2-19-16-7-3-12(4-8-16)9-14-10-15(18)6-5-13(14)11-17/h3-10,13H,2,18H2,1H3. The number of nitrogens with zero attached hydrogens (tertiary/aromatic N) is 1. The minimum Gasteiger partial charge on any atom is -0.494 e. The van der Waals surface area contributed by atoms with Gasteiger partial charge in [-0.1, -0.05) is 24.3 Å². The summed E-state index contributed by atoms with van der Waals surface area (Å²) in [6, 6.07) is 10.0. The van der Waals surface area contributed by atoms with Crippen molar-refractivity contribution in [2.45, 2.75) is 6.92 Å². The number of hydrogen-bond donors (Lipinski definition) is 1. The third kappa shape index (κ3) is 3.26. The van der Waals surface area contributed by atoms with E-state index in [0.717, 1.165) is 16.9 Å². The predicted octanol–water partition coefficient (Wildman–Crippen LogP) is 3.02. The van der Waals surface area contributed by atoms with Crippen LogP contribution in [0.5, 0.6) is 5.75 Å². The van der Waals surface area contributed by atoms with Gasteiger partial charge >= 0.3 is 0 Å². The summed E-state index contributed by atoms with van der Waals surface area (Å²) < 4.78 is 5.39. The Balaban J connectivity index is 2.25. The molecule has 0 amide bonds. The highest BCUT2D eigenvalue weighted by Crippen LogP contribution is 2.23. The highest BCUT2D eigenvalue weighted by atomic mass is 16.5. The fourth-order valence-electron chi connectivity index (χ4n) is 1.92. The molecule has 1 aromatic rings. The molecule has 0 aliphatic heterocycles. The van der Waals surface area contributed by atoms with Gasteiger partial charge in [0.1, 0.15) is 5.75 Å². The maximum atomic E-state index is 9.11. The predicted molar refractivity (Wildman–Crippen MR) is 76.1 cm³/mol. The Kier molecular flexibility index (Phi) is 4.04. The van der Waals surface area contributed by atoms with Gasteiger partial charge in [-0.25, -0.2) is 0 Å². The monoisotopic (exact) mass is 252 g/mol. The van der Waals surface area contributed by atoms with E-state index in [0.29, 0.717) is 12.3 Å². The van der Waals surface area contributed by atoms with Crippen LogP contribution in [-0.2, 0) is 0 Å². The van der Waals surface area contributed by atoms with Crippen LogP contribution >= 0.6 is 0 Å². The lowest BCUT2D eigenvalue weighted by Gasteiger charge is -2.12. The van der Waals surface area contributed by atoms with Gasteiger partial charge in [-0.05, 0) is 42.3 Å². The van der Waals surface area contributed by atoms with Crippen molar-refractivity contribution in [3.63, 3.8) is 0 Å². The minimum atomic E-state index is -0.237. The van der Waals surface area contributed by atoms with E-state index in [9.17, 15) is 0 Å². The van der Waals surface area contributed by atoms with E-state index in [1.165, 1.54) is 0 Å². The van der Waals surface area contributed by atoms with Crippen LogP contribution in [0, 0.1) is 17.2 Å². The number of hydrogen-bond acceptors (Lipinski definition) is 3. The SMILES string of the molecule is CCOc1ccc(C=C2C=C(N)C=CC2C#N)cc1. The Morgan fingerprint density at radius 1 is 1.37 bits per heavy atom. The first kappa shape index (κ1) is 13.0. The molecular formula is C16H16N2O. The van der Waals surface area contributed by atoms with E-state index in [1.54, 1.807) is 6.08 Å². The van der Waals surface area contributed by atoms with Gasteiger partial charge in [0.05, 0.1) is 18.6 Å². The van der Waals surface area contributed by atoms with Gasteiger partial charge in [0, 0.05) is 5.70 Å². The first-order chi connectivity index (χ1) is 9.22. The summed E-state index contributed by atoms with van der Waals surface area (Å²) in [5, 5.41) is 9.11. The number of ether oxygens (including phenoxy) is 1. The summed E-state index contributed by atoms with van der Waals surface area (Å²) in [6.45, 7) is 2.61. The Labute approximate surface area is 113 Å². The van der Waals surface area contributed by atoms with E-state index in [4.69, 9.17) is 15.7 Å². The molecule has 1 atom stereocenters. The second kappa shape index (κ2) is 5.92. The second-order valence-electron chi connectivity index (χ2n) is 4.26. The molecule has 19 heavy (non-hydrogen) atoms.